The third-order valence-corrected chi connectivity index (χ3v) is 3.28. The molecule has 0 bridgehead atoms. The van der Waals surface area contributed by atoms with Crippen LogP contribution in [-0.2, 0) is 11.2 Å². The molecule has 1 heterocycles. The molecular formula is C15H18N4OS. The predicted octanol–water partition coefficient (Wildman–Crippen LogP) is 3.25. The average Bonchev–Trinajstić information content (AvgIpc) is 2.96. The van der Waals surface area contributed by atoms with Crippen molar-refractivity contribution in [3.05, 3.63) is 42.2 Å². The zero-order valence-corrected chi connectivity index (χ0v) is 13.2. The minimum absolute atomic E-state index is 0.00542. The molecule has 5 nitrogen and oxygen atoms in total. The van der Waals surface area contributed by atoms with Gasteiger partial charge in [-0.05, 0) is 12.5 Å². The van der Waals surface area contributed by atoms with Crippen LogP contribution in [-0.4, -0.2) is 20.5 Å². The monoisotopic (exact) mass is 302 g/mol. The summed E-state index contributed by atoms with van der Waals surface area (Å²) >= 11 is 0.908. The number of Topliss-reactive ketones (excluding diaryl/α,β-unsaturated/α-hetero) is 1. The summed E-state index contributed by atoms with van der Waals surface area (Å²) in [6.07, 6.45) is 1.90. The molecule has 0 N–H and O–H groups in total. The van der Waals surface area contributed by atoms with Crippen molar-refractivity contribution in [1.29, 1.82) is 5.26 Å². The second kappa shape index (κ2) is 8.93. The first-order valence-corrected chi connectivity index (χ1v) is 7.54. The van der Waals surface area contributed by atoms with E-state index in [9.17, 15) is 4.79 Å². The Morgan fingerprint density at radius 1 is 1.38 bits per heavy atom. The molecule has 0 spiro atoms. The molecular weight excluding hydrogens is 284 g/mol. The number of hydrogen-bond donors (Lipinski definition) is 0. The van der Waals surface area contributed by atoms with Gasteiger partial charge in [0.15, 0.2) is 5.78 Å². The standard InChI is InChI=1S/C13H12N4OS.C2H6/c1-10(18)12(7-11-5-3-2-4-6-11)17-13(19-8-14)15-9-16-17;1-2/h2-6,9,12H,7H2,1H3;1-2H3. The fourth-order valence-electron chi connectivity index (χ4n) is 1.81. The summed E-state index contributed by atoms with van der Waals surface area (Å²) in [5, 5.41) is 15.2. The molecule has 0 saturated heterocycles. The summed E-state index contributed by atoms with van der Waals surface area (Å²) in [5.41, 5.74) is 1.05. The van der Waals surface area contributed by atoms with Crippen molar-refractivity contribution in [2.45, 2.75) is 38.4 Å². The number of carbonyl (C=O) groups excluding carboxylic acids is 1. The lowest BCUT2D eigenvalue weighted by atomic mass is 10.0. The summed E-state index contributed by atoms with van der Waals surface area (Å²) in [4.78, 5) is 15.8. The zero-order valence-electron chi connectivity index (χ0n) is 12.4. The van der Waals surface area contributed by atoms with Crippen LogP contribution in [0, 0.1) is 10.7 Å². The van der Waals surface area contributed by atoms with E-state index in [0.29, 0.717) is 11.6 Å². The first-order valence-electron chi connectivity index (χ1n) is 6.72. The molecule has 2 rings (SSSR count). The van der Waals surface area contributed by atoms with E-state index >= 15 is 0 Å². The quantitative estimate of drug-likeness (QED) is 0.626. The van der Waals surface area contributed by atoms with Crippen LogP contribution >= 0.6 is 11.8 Å². The van der Waals surface area contributed by atoms with Crippen LogP contribution in [0.5, 0.6) is 0 Å². The summed E-state index contributed by atoms with van der Waals surface area (Å²) in [5.74, 6) is -0.00542. The van der Waals surface area contributed by atoms with Crippen molar-refractivity contribution >= 4 is 17.5 Å². The minimum atomic E-state index is -0.430. The van der Waals surface area contributed by atoms with E-state index in [1.165, 1.54) is 17.9 Å². The Kier molecular flexibility index (Phi) is 7.19. The van der Waals surface area contributed by atoms with Gasteiger partial charge in [0.25, 0.3) is 0 Å². The molecule has 0 aliphatic heterocycles. The molecule has 21 heavy (non-hydrogen) atoms. The van der Waals surface area contributed by atoms with Crippen LogP contribution in [0.25, 0.3) is 0 Å². The lowest BCUT2D eigenvalue weighted by Gasteiger charge is -2.15. The van der Waals surface area contributed by atoms with Crippen molar-refractivity contribution in [3.63, 3.8) is 0 Å². The first kappa shape index (κ1) is 16.9. The molecule has 0 radical (unpaired) electrons. The van der Waals surface area contributed by atoms with Gasteiger partial charge in [-0.2, -0.15) is 10.4 Å². The Hall–Kier alpha value is -2.13. The van der Waals surface area contributed by atoms with Crippen molar-refractivity contribution in [2.75, 3.05) is 0 Å². The molecule has 0 aliphatic rings. The van der Waals surface area contributed by atoms with Crippen LogP contribution in [0.3, 0.4) is 0 Å². The number of carbonyl (C=O) groups is 1. The number of benzene rings is 1. The lowest BCUT2D eigenvalue weighted by Crippen LogP contribution is -2.21. The molecule has 6 heteroatoms. The molecule has 0 fully saturated rings. The SMILES string of the molecule is CC.CC(=O)C(Cc1ccccc1)n1ncnc1SC#N. The van der Waals surface area contributed by atoms with E-state index in [1.807, 2.05) is 49.6 Å². The number of nitrogens with zero attached hydrogens (tertiary/aromatic N) is 4. The number of rotatable bonds is 5. The molecule has 110 valence electrons. The van der Waals surface area contributed by atoms with Gasteiger partial charge < -0.3 is 0 Å². The Bertz CT molecular complexity index is 604. The fraction of sp³-hybridized carbons (Fsp3) is 0.333. The molecule has 2 aromatic rings. The van der Waals surface area contributed by atoms with Crippen molar-refractivity contribution in [2.24, 2.45) is 0 Å². The van der Waals surface area contributed by atoms with Gasteiger partial charge in [-0.25, -0.2) is 9.67 Å². The van der Waals surface area contributed by atoms with Crippen LogP contribution in [0.15, 0.2) is 41.8 Å². The van der Waals surface area contributed by atoms with Crippen LogP contribution in [0.1, 0.15) is 32.4 Å². The number of hydrogen-bond acceptors (Lipinski definition) is 5. The van der Waals surface area contributed by atoms with Crippen LogP contribution in [0.2, 0.25) is 0 Å². The van der Waals surface area contributed by atoms with E-state index in [0.717, 1.165) is 17.3 Å². The number of aromatic nitrogens is 3. The van der Waals surface area contributed by atoms with Gasteiger partial charge in [0.2, 0.25) is 5.16 Å². The second-order valence-corrected chi connectivity index (χ2v) is 4.75. The van der Waals surface area contributed by atoms with Gasteiger partial charge in [0.05, 0.1) is 0 Å². The highest BCUT2D eigenvalue weighted by molar-refractivity contribution is 8.03. The van der Waals surface area contributed by atoms with E-state index in [4.69, 9.17) is 5.26 Å². The van der Waals surface area contributed by atoms with Gasteiger partial charge in [0, 0.05) is 18.2 Å². The van der Waals surface area contributed by atoms with Crippen molar-refractivity contribution < 1.29 is 4.79 Å². The third kappa shape index (κ3) is 4.72. The number of thioether (sulfide) groups is 1. The predicted molar refractivity (Wildman–Crippen MR) is 82.7 cm³/mol. The largest absolute Gasteiger partial charge is 0.298 e. The van der Waals surface area contributed by atoms with Gasteiger partial charge in [0.1, 0.15) is 17.8 Å². The average molecular weight is 302 g/mol. The number of ketones is 1. The Morgan fingerprint density at radius 2 is 2.05 bits per heavy atom. The van der Waals surface area contributed by atoms with Crippen molar-refractivity contribution in [1.82, 2.24) is 14.8 Å². The molecule has 0 saturated carbocycles. The van der Waals surface area contributed by atoms with Gasteiger partial charge in [-0.3, -0.25) is 4.79 Å². The fourth-order valence-corrected chi connectivity index (χ4v) is 2.26. The van der Waals surface area contributed by atoms with E-state index < -0.39 is 6.04 Å². The smallest absolute Gasteiger partial charge is 0.201 e. The van der Waals surface area contributed by atoms with Gasteiger partial charge >= 0.3 is 0 Å². The maximum atomic E-state index is 11.8. The van der Waals surface area contributed by atoms with Gasteiger partial charge in [-0.15, -0.1) is 0 Å². The number of nitriles is 1. The summed E-state index contributed by atoms with van der Waals surface area (Å²) in [6.45, 7) is 5.52. The molecule has 1 unspecified atom stereocenters. The summed E-state index contributed by atoms with van der Waals surface area (Å²) in [7, 11) is 0. The highest BCUT2D eigenvalue weighted by Gasteiger charge is 2.21. The first-order chi connectivity index (χ1) is 10.2. The van der Waals surface area contributed by atoms with Crippen LogP contribution < -0.4 is 0 Å². The van der Waals surface area contributed by atoms with Crippen LogP contribution in [0.4, 0.5) is 0 Å². The molecule has 1 aromatic carbocycles. The zero-order chi connectivity index (χ0) is 15.7. The third-order valence-electron chi connectivity index (χ3n) is 2.71. The molecule has 0 aliphatic carbocycles. The maximum absolute atomic E-state index is 11.8. The topological polar surface area (TPSA) is 71.6 Å². The Morgan fingerprint density at radius 3 is 2.62 bits per heavy atom. The van der Waals surface area contributed by atoms with E-state index in [2.05, 4.69) is 10.1 Å². The Labute approximate surface area is 129 Å². The maximum Gasteiger partial charge on any atom is 0.201 e. The minimum Gasteiger partial charge on any atom is -0.298 e. The lowest BCUT2D eigenvalue weighted by molar-refractivity contribution is -0.120. The second-order valence-electron chi connectivity index (χ2n) is 4.00. The van der Waals surface area contributed by atoms with Gasteiger partial charge in [-0.1, -0.05) is 44.2 Å². The van der Waals surface area contributed by atoms with Crippen molar-refractivity contribution in [3.8, 4) is 5.40 Å². The molecule has 0 amide bonds. The Balaban J connectivity index is 0.00000106. The van der Waals surface area contributed by atoms with E-state index in [-0.39, 0.29) is 5.78 Å². The molecule has 1 aromatic heterocycles. The normalized spacial score (nSPS) is 11.0. The van der Waals surface area contributed by atoms with E-state index in [1.54, 1.807) is 0 Å². The highest BCUT2D eigenvalue weighted by Crippen LogP contribution is 2.21. The molecule has 1 atom stereocenters. The highest BCUT2D eigenvalue weighted by atomic mass is 32.2. The summed E-state index contributed by atoms with van der Waals surface area (Å²) < 4.78 is 1.52. The summed E-state index contributed by atoms with van der Waals surface area (Å²) in [6, 6.07) is 9.28. The number of thiocyanates is 1.